The van der Waals surface area contributed by atoms with Gasteiger partial charge in [0, 0.05) is 9.79 Å². The summed E-state index contributed by atoms with van der Waals surface area (Å²) in [6.07, 6.45) is 14.8. The van der Waals surface area contributed by atoms with Crippen LogP contribution < -0.4 is 4.74 Å². The van der Waals surface area contributed by atoms with Crippen LogP contribution in [-0.4, -0.2) is 11.5 Å². The van der Waals surface area contributed by atoms with Crippen molar-refractivity contribution in [1.82, 2.24) is 0 Å². The molecule has 0 aliphatic heterocycles. The van der Waals surface area contributed by atoms with E-state index in [1.165, 1.54) is 96.6 Å². The fraction of sp³-hybridized carbons (Fsp3) is 0.600. The van der Waals surface area contributed by atoms with E-state index in [1.54, 1.807) is 0 Å². The van der Waals surface area contributed by atoms with Crippen molar-refractivity contribution in [3.63, 3.8) is 0 Å². The highest BCUT2D eigenvalue weighted by Gasteiger charge is 2.12. The highest BCUT2D eigenvalue weighted by molar-refractivity contribution is 7.99. The maximum atomic E-state index is 6.64. The maximum absolute atomic E-state index is 6.64. The third-order valence-corrected chi connectivity index (χ3v) is 8.08. The second-order valence-corrected chi connectivity index (χ2v) is 11.3. The van der Waals surface area contributed by atoms with E-state index in [9.17, 15) is 0 Å². The number of ether oxygens (including phenoxy) is 1. The van der Waals surface area contributed by atoms with E-state index >= 15 is 0 Å². The van der Waals surface area contributed by atoms with Crippen molar-refractivity contribution in [1.29, 1.82) is 0 Å². The van der Waals surface area contributed by atoms with Crippen LogP contribution in [0.5, 0.6) is 11.5 Å². The van der Waals surface area contributed by atoms with Gasteiger partial charge >= 0.3 is 0 Å². The summed E-state index contributed by atoms with van der Waals surface area (Å²) in [5.41, 5.74) is 2.73. The van der Waals surface area contributed by atoms with Crippen molar-refractivity contribution in [2.24, 2.45) is 0 Å². The predicted octanol–water partition coefficient (Wildman–Crippen LogP) is 10.7. The van der Waals surface area contributed by atoms with Gasteiger partial charge in [-0.1, -0.05) is 66.2 Å². The first kappa shape index (κ1) is 28.2. The lowest BCUT2D eigenvalue weighted by Crippen LogP contribution is -1.97. The molecule has 0 aliphatic carbocycles. The molecule has 2 aromatic carbocycles. The summed E-state index contributed by atoms with van der Waals surface area (Å²) in [7, 11) is 0. The van der Waals surface area contributed by atoms with Crippen LogP contribution >= 0.6 is 23.5 Å². The van der Waals surface area contributed by atoms with Gasteiger partial charge < -0.3 is 4.74 Å². The summed E-state index contributed by atoms with van der Waals surface area (Å²) in [5, 5.41) is 0. The molecule has 0 saturated carbocycles. The van der Waals surface area contributed by atoms with Crippen LogP contribution in [0.2, 0.25) is 0 Å². The lowest BCUT2D eigenvalue weighted by molar-refractivity contribution is 0.466. The maximum Gasteiger partial charge on any atom is 0.130 e. The van der Waals surface area contributed by atoms with Crippen LogP contribution in [0.25, 0.3) is 0 Å². The molecule has 0 fully saturated rings. The van der Waals surface area contributed by atoms with E-state index in [-0.39, 0.29) is 0 Å². The smallest absolute Gasteiger partial charge is 0.130 e. The third kappa shape index (κ3) is 10.8. The summed E-state index contributed by atoms with van der Waals surface area (Å²) in [6, 6.07) is 13.7. The van der Waals surface area contributed by atoms with Crippen molar-refractivity contribution in [3.05, 3.63) is 47.5 Å². The van der Waals surface area contributed by atoms with Gasteiger partial charge in [-0.15, -0.1) is 23.5 Å². The van der Waals surface area contributed by atoms with Crippen LogP contribution in [0.4, 0.5) is 0 Å². The second kappa shape index (κ2) is 17.4. The first-order valence-electron chi connectivity index (χ1n) is 13.4. The monoisotopic (exact) mass is 486 g/mol. The molecule has 1 nitrogen and oxygen atoms in total. The number of rotatable bonds is 18. The molecule has 0 amide bonds. The number of hydrogen-bond acceptors (Lipinski definition) is 3. The molecule has 0 unspecified atom stereocenters. The van der Waals surface area contributed by atoms with E-state index in [4.69, 9.17) is 4.74 Å². The second-order valence-electron chi connectivity index (χ2n) is 8.96. The summed E-state index contributed by atoms with van der Waals surface area (Å²) in [5.74, 6) is 4.50. The molecule has 0 bridgehead atoms. The lowest BCUT2D eigenvalue weighted by atomic mass is 10.0. The highest BCUT2D eigenvalue weighted by atomic mass is 32.2. The third-order valence-electron chi connectivity index (χ3n) is 5.92. The van der Waals surface area contributed by atoms with Gasteiger partial charge in [-0.2, -0.15) is 0 Å². The van der Waals surface area contributed by atoms with Gasteiger partial charge in [0.1, 0.15) is 11.5 Å². The van der Waals surface area contributed by atoms with Crippen LogP contribution in [-0.2, 0) is 12.8 Å². The Balaban J connectivity index is 2.23. The normalized spacial score (nSPS) is 11.2. The molecule has 0 aliphatic rings. The minimum Gasteiger partial charge on any atom is -0.457 e. The van der Waals surface area contributed by atoms with Crippen LogP contribution in [0, 0.1) is 0 Å². The fourth-order valence-corrected chi connectivity index (χ4v) is 5.92. The Kier molecular flexibility index (Phi) is 14.8. The molecular weight excluding hydrogens is 440 g/mol. The van der Waals surface area contributed by atoms with E-state index in [2.05, 4.69) is 64.1 Å². The molecule has 0 saturated heterocycles. The van der Waals surface area contributed by atoms with Crippen molar-refractivity contribution in [2.45, 2.75) is 115 Å². The van der Waals surface area contributed by atoms with Gasteiger partial charge in [-0.25, -0.2) is 0 Å². The Morgan fingerprint density at radius 1 is 0.545 bits per heavy atom. The molecule has 3 heteroatoms. The number of unbranched alkanes of at least 4 members (excludes halogenated alkanes) is 6. The molecule has 0 N–H and O–H groups in total. The van der Waals surface area contributed by atoms with Crippen molar-refractivity contribution < 1.29 is 4.74 Å². The summed E-state index contributed by atoms with van der Waals surface area (Å²) < 4.78 is 6.64. The Bertz CT molecular complexity index is 721. The van der Waals surface area contributed by atoms with Crippen molar-refractivity contribution in [3.8, 4) is 11.5 Å². The Labute approximate surface area is 212 Å². The molecular formula is C30H46OS2. The molecule has 0 heterocycles. The van der Waals surface area contributed by atoms with E-state index < -0.39 is 0 Å². The summed E-state index contributed by atoms with van der Waals surface area (Å²) in [6.45, 7) is 9.08. The highest BCUT2D eigenvalue weighted by Crippen LogP contribution is 2.35. The van der Waals surface area contributed by atoms with E-state index in [0.29, 0.717) is 0 Å². The average molecular weight is 487 g/mol. The standard InChI is InChI=1S/C30H46OS2/c1-5-9-13-15-25-23-27(32-21-11-7-3)17-19-29(25)31-30-20-18-28(33-22-12-8-4)24-26(30)16-14-10-6-2/h17-20,23-24H,5-16,21-22H2,1-4H3. The van der Waals surface area contributed by atoms with Gasteiger partial charge in [-0.3, -0.25) is 0 Å². The lowest BCUT2D eigenvalue weighted by Gasteiger charge is -2.17. The first-order valence-corrected chi connectivity index (χ1v) is 15.4. The number of thioether (sulfide) groups is 2. The molecule has 0 spiro atoms. The Morgan fingerprint density at radius 3 is 1.36 bits per heavy atom. The molecule has 0 aromatic heterocycles. The van der Waals surface area contributed by atoms with Gasteiger partial charge in [0.05, 0.1) is 0 Å². The zero-order chi connectivity index (χ0) is 23.7. The van der Waals surface area contributed by atoms with Crippen LogP contribution in [0.1, 0.15) is 103 Å². The average Bonchev–Trinajstić information content (AvgIpc) is 2.82. The largest absolute Gasteiger partial charge is 0.457 e. The van der Waals surface area contributed by atoms with E-state index in [0.717, 1.165) is 24.3 Å². The number of hydrogen-bond donors (Lipinski definition) is 0. The van der Waals surface area contributed by atoms with E-state index in [1.807, 2.05) is 23.5 Å². The molecule has 2 rings (SSSR count). The Hall–Kier alpha value is -1.06. The van der Waals surface area contributed by atoms with Crippen LogP contribution in [0.15, 0.2) is 46.2 Å². The minimum atomic E-state index is 1.05. The zero-order valence-corrected chi connectivity index (χ0v) is 23.2. The zero-order valence-electron chi connectivity index (χ0n) is 21.6. The first-order chi connectivity index (χ1) is 16.2. The van der Waals surface area contributed by atoms with Gasteiger partial charge in [0.15, 0.2) is 0 Å². The summed E-state index contributed by atoms with van der Waals surface area (Å²) in [4.78, 5) is 2.77. The molecule has 0 radical (unpaired) electrons. The molecule has 2 aromatic rings. The number of aryl methyl sites for hydroxylation is 2. The quantitative estimate of drug-likeness (QED) is 0.153. The van der Waals surface area contributed by atoms with Gasteiger partial charge in [0.25, 0.3) is 0 Å². The topological polar surface area (TPSA) is 9.23 Å². The molecule has 0 atom stereocenters. The van der Waals surface area contributed by atoms with Gasteiger partial charge in [0.2, 0.25) is 0 Å². The SMILES string of the molecule is CCCCCc1cc(SCCCC)ccc1Oc1ccc(SCCCC)cc1CCCCC. The molecule has 184 valence electrons. The summed E-state index contributed by atoms with van der Waals surface area (Å²) >= 11 is 3.97. The van der Waals surface area contributed by atoms with Crippen LogP contribution in [0.3, 0.4) is 0 Å². The number of benzene rings is 2. The van der Waals surface area contributed by atoms with Crippen molar-refractivity contribution in [2.75, 3.05) is 11.5 Å². The minimum absolute atomic E-state index is 1.05. The predicted molar refractivity (Wildman–Crippen MR) is 151 cm³/mol. The fourth-order valence-electron chi connectivity index (χ4n) is 3.80. The molecule has 33 heavy (non-hydrogen) atoms. The van der Waals surface area contributed by atoms with Crippen molar-refractivity contribution >= 4 is 23.5 Å². The Morgan fingerprint density at radius 2 is 0.970 bits per heavy atom. The van der Waals surface area contributed by atoms with Gasteiger partial charge in [-0.05, 0) is 97.6 Å².